The average molecular weight is 271 g/mol. The standard InChI is InChI=1S/C11H11BrO3/c1-11(9(15-11)10(13)14-2)7-4-3-5-8(12)6-7/h3-6,9H,1-2H3. The van der Waals surface area contributed by atoms with Crippen LogP contribution in [0, 0.1) is 0 Å². The summed E-state index contributed by atoms with van der Waals surface area (Å²) < 4.78 is 11.0. The first-order valence-corrected chi connectivity index (χ1v) is 5.39. The molecule has 3 nitrogen and oxygen atoms in total. The van der Waals surface area contributed by atoms with Gasteiger partial charge in [0.05, 0.1) is 7.11 Å². The Morgan fingerprint density at radius 1 is 1.60 bits per heavy atom. The van der Waals surface area contributed by atoms with Crippen LogP contribution in [0.1, 0.15) is 12.5 Å². The molecule has 0 spiro atoms. The maximum absolute atomic E-state index is 11.3. The van der Waals surface area contributed by atoms with Crippen molar-refractivity contribution < 1.29 is 14.3 Å². The molecule has 1 fully saturated rings. The van der Waals surface area contributed by atoms with Crippen LogP contribution >= 0.6 is 15.9 Å². The van der Waals surface area contributed by atoms with E-state index >= 15 is 0 Å². The predicted molar refractivity (Wildman–Crippen MR) is 58.4 cm³/mol. The second kappa shape index (κ2) is 3.61. The zero-order chi connectivity index (χ0) is 11.1. The number of carbonyl (C=O) groups is 1. The molecule has 0 bridgehead atoms. The fraction of sp³-hybridized carbons (Fsp3) is 0.364. The number of halogens is 1. The zero-order valence-corrected chi connectivity index (χ0v) is 10.1. The van der Waals surface area contributed by atoms with Crippen molar-refractivity contribution in [2.45, 2.75) is 18.6 Å². The molecular weight excluding hydrogens is 260 g/mol. The highest BCUT2D eigenvalue weighted by molar-refractivity contribution is 9.10. The van der Waals surface area contributed by atoms with E-state index in [-0.39, 0.29) is 5.97 Å². The number of rotatable bonds is 2. The summed E-state index contributed by atoms with van der Waals surface area (Å²) >= 11 is 3.38. The highest BCUT2D eigenvalue weighted by Gasteiger charge is 2.59. The third-order valence-electron chi connectivity index (χ3n) is 2.62. The van der Waals surface area contributed by atoms with E-state index in [0.29, 0.717) is 0 Å². The van der Waals surface area contributed by atoms with E-state index in [1.165, 1.54) is 7.11 Å². The molecule has 80 valence electrons. The summed E-state index contributed by atoms with van der Waals surface area (Å²) in [4.78, 5) is 11.3. The van der Waals surface area contributed by atoms with Gasteiger partial charge in [-0.25, -0.2) is 4.79 Å². The maximum Gasteiger partial charge on any atom is 0.338 e. The van der Waals surface area contributed by atoms with Gasteiger partial charge < -0.3 is 9.47 Å². The average Bonchev–Trinajstić information content (AvgIpc) is 2.91. The van der Waals surface area contributed by atoms with Gasteiger partial charge in [-0.15, -0.1) is 0 Å². The molecule has 1 heterocycles. The molecule has 1 saturated heterocycles. The Morgan fingerprint density at radius 2 is 2.33 bits per heavy atom. The lowest BCUT2D eigenvalue weighted by molar-refractivity contribution is -0.142. The van der Waals surface area contributed by atoms with E-state index < -0.39 is 11.7 Å². The normalized spacial score (nSPS) is 28.6. The number of epoxide rings is 1. The van der Waals surface area contributed by atoms with Crippen molar-refractivity contribution in [2.24, 2.45) is 0 Å². The largest absolute Gasteiger partial charge is 0.467 e. The van der Waals surface area contributed by atoms with Crippen LogP contribution < -0.4 is 0 Å². The zero-order valence-electron chi connectivity index (χ0n) is 8.49. The van der Waals surface area contributed by atoms with Gasteiger partial charge in [-0.05, 0) is 24.6 Å². The van der Waals surface area contributed by atoms with Crippen LogP contribution in [-0.4, -0.2) is 19.2 Å². The molecule has 0 N–H and O–H groups in total. The lowest BCUT2D eigenvalue weighted by Crippen LogP contribution is -2.17. The fourth-order valence-corrected chi connectivity index (χ4v) is 2.01. The lowest BCUT2D eigenvalue weighted by Gasteiger charge is -2.06. The minimum absolute atomic E-state index is 0.322. The summed E-state index contributed by atoms with van der Waals surface area (Å²) in [6, 6.07) is 7.74. The lowest BCUT2D eigenvalue weighted by atomic mass is 9.97. The van der Waals surface area contributed by atoms with Crippen molar-refractivity contribution in [3.05, 3.63) is 34.3 Å². The second-order valence-electron chi connectivity index (χ2n) is 3.64. The van der Waals surface area contributed by atoms with Gasteiger partial charge in [0.25, 0.3) is 0 Å². The number of methoxy groups -OCH3 is 1. The molecular formula is C11H11BrO3. The molecule has 2 rings (SSSR count). The van der Waals surface area contributed by atoms with Gasteiger partial charge in [0, 0.05) is 4.47 Å². The molecule has 0 aliphatic carbocycles. The summed E-state index contributed by atoms with van der Waals surface area (Å²) in [6.45, 7) is 1.89. The Hall–Kier alpha value is -0.870. The fourth-order valence-electron chi connectivity index (χ4n) is 1.61. The molecule has 1 aliphatic rings. The Bertz CT molecular complexity index is 405. The predicted octanol–water partition coefficient (Wildman–Crippen LogP) is 2.24. The highest BCUT2D eigenvalue weighted by Crippen LogP contribution is 2.46. The maximum atomic E-state index is 11.3. The first-order valence-electron chi connectivity index (χ1n) is 4.59. The number of benzene rings is 1. The van der Waals surface area contributed by atoms with Crippen molar-refractivity contribution in [3.63, 3.8) is 0 Å². The van der Waals surface area contributed by atoms with Crippen molar-refractivity contribution in [2.75, 3.05) is 7.11 Å². The third-order valence-corrected chi connectivity index (χ3v) is 3.11. The van der Waals surface area contributed by atoms with Crippen LogP contribution in [0.2, 0.25) is 0 Å². The topological polar surface area (TPSA) is 38.8 Å². The van der Waals surface area contributed by atoms with Gasteiger partial charge >= 0.3 is 5.97 Å². The molecule has 15 heavy (non-hydrogen) atoms. The number of hydrogen-bond acceptors (Lipinski definition) is 3. The molecule has 0 aromatic heterocycles. The van der Waals surface area contributed by atoms with E-state index in [9.17, 15) is 4.79 Å². The molecule has 1 aliphatic heterocycles. The smallest absolute Gasteiger partial charge is 0.338 e. The first-order chi connectivity index (χ1) is 7.08. The molecule has 2 atom stereocenters. The summed E-state index contributed by atoms with van der Waals surface area (Å²) in [7, 11) is 1.37. The van der Waals surface area contributed by atoms with Gasteiger partial charge in [-0.1, -0.05) is 28.1 Å². The molecule has 0 radical (unpaired) electrons. The minimum Gasteiger partial charge on any atom is -0.467 e. The Kier molecular flexibility index (Phi) is 2.56. The quantitative estimate of drug-likeness (QED) is 0.611. The van der Waals surface area contributed by atoms with Gasteiger partial charge in [-0.2, -0.15) is 0 Å². The SMILES string of the molecule is COC(=O)C1OC1(C)c1cccc(Br)c1. The summed E-state index contributed by atoms with van der Waals surface area (Å²) in [5, 5.41) is 0. The van der Waals surface area contributed by atoms with E-state index in [2.05, 4.69) is 20.7 Å². The first kappa shape index (κ1) is 10.6. The van der Waals surface area contributed by atoms with Gasteiger partial charge in [0.15, 0.2) is 6.10 Å². The Morgan fingerprint density at radius 3 is 2.93 bits per heavy atom. The molecule has 0 saturated carbocycles. The second-order valence-corrected chi connectivity index (χ2v) is 4.55. The monoisotopic (exact) mass is 270 g/mol. The number of ether oxygens (including phenoxy) is 2. The molecule has 1 aromatic rings. The van der Waals surface area contributed by atoms with Crippen LogP contribution in [0.5, 0.6) is 0 Å². The van der Waals surface area contributed by atoms with Crippen LogP contribution in [0.3, 0.4) is 0 Å². The molecule has 1 aromatic carbocycles. The minimum atomic E-state index is -0.531. The van der Waals surface area contributed by atoms with Crippen molar-refractivity contribution >= 4 is 21.9 Å². The van der Waals surface area contributed by atoms with Crippen LogP contribution in [0.15, 0.2) is 28.7 Å². The van der Waals surface area contributed by atoms with Crippen molar-refractivity contribution in [3.8, 4) is 0 Å². The van der Waals surface area contributed by atoms with Gasteiger partial charge in [-0.3, -0.25) is 0 Å². The van der Waals surface area contributed by atoms with E-state index in [4.69, 9.17) is 4.74 Å². The van der Waals surface area contributed by atoms with Gasteiger partial charge in [0.2, 0.25) is 0 Å². The summed E-state index contributed by atoms with van der Waals surface area (Å²) in [5.74, 6) is -0.322. The van der Waals surface area contributed by atoms with E-state index in [1.54, 1.807) is 0 Å². The molecule has 4 heteroatoms. The Balaban J connectivity index is 2.23. The van der Waals surface area contributed by atoms with Crippen LogP contribution in [0.25, 0.3) is 0 Å². The molecule has 0 amide bonds. The number of hydrogen-bond donors (Lipinski definition) is 0. The van der Waals surface area contributed by atoms with Gasteiger partial charge in [0.1, 0.15) is 5.60 Å². The molecule has 2 unspecified atom stereocenters. The summed E-state index contributed by atoms with van der Waals surface area (Å²) in [6.07, 6.45) is -0.475. The van der Waals surface area contributed by atoms with E-state index in [0.717, 1.165) is 10.0 Å². The van der Waals surface area contributed by atoms with Crippen LogP contribution in [0.4, 0.5) is 0 Å². The highest BCUT2D eigenvalue weighted by atomic mass is 79.9. The van der Waals surface area contributed by atoms with Crippen molar-refractivity contribution in [1.29, 1.82) is 0 Å². The number of carbonyl (C=O) groups excluding carboxylic acids is 1. The third kappa shape index (κ3) is 1.79. The van der Waals surface area contributed by atoms with E-state index in [1.807, 2.05) is 31.2 Å². The van der Waals surface area contributed by atoms with Crippen LogP contribution in [-0.2, 0) is 19.9 Å². The number of esters is 1. The Labute approximate surface area is 96.5 Å². The summed E-state index contributed by atoms with van der Waals surface area (Å²) in [5.41, 5.74) is 0.448. The van der Waals surface area contributed by atoms with Crippen molar-refractivity contribution in [1.82, 2.24) is 0 Å².